The van der Waals surface area contributed by atoms with Gasteiger partial charge in [-0.05, 0) is 19.1 Å². The van der Waals surface area contributed by atoms with Gasteiger partial charge in [0.1, 0.15) is 17.7 Å². The second-order valence-electron chi connectivity index (χ2n) is 4.46. The molecule has 1 atom stereocenters. The Balaban J connectivity index is 1.97. The SMILES string of the molecule is C[C@H]([NH3+])c1nnc2n1NC(c1ccc(F)cc1F)=CS2. The first-order valence-electron chi connectivity index (χ1n) is 5.94. The molecule has 2 aromatic rings. The van der Waals surface area contributed by atoms with Gasteiger partial charge in [0, 0.05) is 17.0 Å². The number of rotatable bonds is 2. The lowest BCUT2D eigenvalue weighted by Crippen LogP contribution is -2.53. The number of aromatic nitrogens is 3. The summed E-state index contributed by atoms with van der Waals surface area (Å²) in [6.45, 7) is 1.89. The summed E-state index contributed by atoms with van der Waals surface area (Å²) in [5.74, 6) is -0.571. The van der Waals surface area contributed by atoms with E-state index in [1.807, 2.05) is 6.92 Å². The second-order valence-corrected chi connectivity index (χ2v) is 5.30. The van der Waals surface area contributed by atoms with Gasteiger partial charge in [0.05, 0.1) is 5.70 Å². The van der Waals surface area contributed by atoms with Crippen LogP contribution in [0.2, 0.25) is 0 Å². The van der Waals surface area contributed by atoms with Gasteiger partial charge in [0.25, 0.3) is 0 Å². The van der Waals surface area contributed by atoms with Gasteiger partial charge in [-0.1, -0.05) is 11.8 Å². The van der Waals surface area contributed by atoms with Crippen molar-refractivity contribution < 1.29 is 14.5 Å². The summed E-state index contributed by atoms with van der Waals surface area (Å²) < 4.78 is 28.4. The highest BCUT2D eigenvalue weighted by Gasteiger charge is 2.22. The monoisotopic (exact) mass is 296 g/mol. The minimum absolute atomic E-state index is 0.0678. The van der Waals surface area contributed by atoms with Crippen molar-refractivity contribution in [3.05, 3.63) is 46.6 Å². The summed E-state index contributed by atoms with van der Waals surface area (Å²) in [4.78, 5) is 0. The van der Waals surface area contributed by atoms with Crippen molar-refractivity contribution in [2.75, 3.05) is 5.43 Å². The van der Waals surface area contributed by atoms with E-state index in [9.17, 15) is 8.78 Å². The van der Waals surface area contributed by atoms with E-state index in [1.165, 1.54) is 23.9 Å². The maximum atomic E-state index is 13.8. The predicted octanol–water partition coefficient (Wildman–Crippen LogP) is 1.51. The molecule has 0 amide bonds. The fourth-order valence-corrected chi connectivity index (χ4v) is 2.61. The van der Waals surface area contributed by atoms with E-state index >= 15 is 0 Å². The molecule has 0 radical (unpaired) electrons. The standard InChI is InChI=1S/C12H11F2N5S/c1-6(15)11-16-17-12-19(11)18-10(5-20-12)8-3-2-7(13)4-9(8)14/h2-6,18H,15H2,1H3/p+1/t6-/m0/s1. The van der Waals surface area contributed by atoms with E-state index in [-0.39, 0.29) is 6.04 Å². The zero-order valence-corrected chi connectivity index (χ0v) is 11.4. The molecule has 104 valence electrons. The van der Waals surface area contributed by atoms with E-state index in [0.29, 0.717) is 22.2 Å². The molecule has 0 spiro atoms. The Hall–Kier alpha value is -1.93. The van der Waals surface area contributed by atoms with Gasteiger partial charge in [0.15, 0.2) is 0 Å². The number of quaternary nitrogens is 1. The molecule has 0 aliphatic carbocycles. The predicted molar refractivity (Wildman–Crippen MR) is 70.9 cm³/mol. The number of halogens is 2. The van der Waals surface area contributed by atoms with Gasteiger partial charge < -0.3 is 5.73 Å². The lowest BCUT2D eigenvalue weighted by atomic mass is 10.1. The Morgan fingerprint density at radius 2 is 2.15 bits per heavy atom. The number of hydrogen-bond acceptors (Lipinski definition) is 4. The third-order valence-corrected chi connectivity index (χ3v) is 3.66. The van der Waals surface area contributed by atoms with Crippen LogP contribution in [0, 0.1) is 11.6 Å². The molecule has 2 heterocycles. The highest BCUT2D eigenvalue weighted by atomic mass is 32.2. The Morgan fingerprint density at radius 1 is 1.35 bits per heavy atom. The van der Waals surface area contributed by atoms with Crippen LogP contribution in [0.5, 0.6) is 0 Å². The van der Waals surface area contributed by atoms with Crippen LogP contribution >= 0.6 is 11.8 Å². The number of nitrogens with zero attached hydrogens (tertiary/aromatic N) is 3. The first-order chi connectivity index (χ1) is 9.56. The molecular formula is C12H12F2N5S+. The number of fused-ring (bicyclic) bond motifs is 1. The van der Waals surface area contributed by atoms with Gasteiger partial charge in [-0.25, -0.2) is 13.5 Å². The molecule has 0 fully saturated rings. The number of nitrogens with one attached hydrogen (secondary N) is 1. The highest BCUT2D eigenvalue weighted by molar-refractivity contribution is 8.02. The normalized spacial score (nSPS) is 15.3. The van der Waals surface area contributed by atoms with Crippen LogP contribution in [-0.2, 0) is 0 Å². The second kappa shape index (κ2) is 4.88. The zero-order valence-electron chi connectivity index (χ0n) is 10.6. The molecule has 3 rings (SSSR count). The van der Waals surface area contributed by atoms with Gasteiger partial charge in [-0.15, -0.1) is 10.2 Å². The van der Waals surface area contributed by atoms with Crippen LogP contribution < -0.4 is 11.2 Å². The molecule has 0 saturated carbocycles. The van der Waals surface area contributed by atoms with Crippen LogP contribution in [0.1, 0.15) is 24.4 Å². The van der Waals surface area contributed by atoms with E-state index in [2.05, 4.69) is 21.4 Å². The lowest BCUT2D eigenvalue weighted by molar-refractivity contribution is -0.423. The third-order valence-electron chi connectivity index (χ3n) is 2.83. The van der Waals surface area contributed by atoms with Crippen molar-refractivity contribution in [3.63, 3.8) is 0 Å². The van der Waals surface area contributed by atoms with Gasteiger partial charge in [0.2, 0.25) is 11.0 Å². The lowest BCUT2D eigenvalue weighted by Gasteiger charge is -2.19. The highest BCUT2D eigenvalue weighted by Crippen LogP contribution is 2.30. The summed E-state index contributed by atoms with van der Waals surface area (Å²) in [5, 5.41) is 10.4. The molecule has 5 nitrogen and oxygen atoms in total. The maximum absolute atomic E-state index is 13.8. The largest absolute Gasteiger partial charge is 0.349 e. The molecule has 1 aliphatic heterocycles. The summed E-state index contributed by atoms with van der Waals surface area (Å²) in [6, 6.07) is 3.40. The fourth-order valence-electron chi connectivity index (χ4n) is 1.87. The average molecular weight is 296 g/mol. The molecule has 4 N–H and O–H groups in total. The Morgan fingerprint density at radius 3 is 2.85 bits per heavy atom. The summed E-state index contributed by atoms with van der Waals surface area (Å²) >= 11 is 1.32. The zero-order chi connectivity index (χ0) is 14.3. The van der Waals surface area contributed by atoms with Crippen LogP contribution in [0.25, 0.3) is 5.70 Å². The average Bonchev–Trinajstić information content (AvgIpc) is 2.81. The Bertz CT molecular complexity index is 695. The first kappa shape index (κ1) is 13.1. The van der Waals surface area contributed by atoms with E-state index in [4.69, 9.17) is 0 Å². The van der Waals surface area contributed by atoms with Gasteiger partial charge in [-0.2, -0.15) is 0 Å². The molecule has 1 aromatic carbocycles. The van der Waals surface area contributed by atoms with Crippen molar-refractivity contribution in [2.45, 2.75) is 18.1 Å². The maximum Gasteiger partial charge on any atom is 0.214 e. The number of thioether (sulfide) groups is 1. The minimum atomic E-state index is -0.620. The van der Waals surface area contributed by atoms with Crippen molar-refractivity contribution in [1.82, 2.24) is 14.9 Å². The molecule has 0 saturated heterocycles. The summed E-state index contributed by atoms with van der Waals surface area (Å²) in [7, 11) is 0. The van der Waals surface area contributed by atoms with Gasteiger partial charge >= 0.3 is 0 Å². The molecular weight excluding hydrogens is 284 g/mol. The molecule has 0 unspecified atom stereocenters. The van der Waals surface area contributed by atoms with Crippen molar-refractivity contribution >= 4 is 17.5 Å². The summed E-state index contributed by atoms with van der Waals surface area (Å²) in [6.07, 6.45) is 0. The fraction of sp³-hybridized carbons (Fsp3) is 0.167. The molecule has 0 bridgehead atoms. The van der Waals surface area contributed by atoms with Crippen molar-refractivity contribution in [3.8, 4) is 0 Å². The molecule has 1 aromatic heterocycles. The number of hydrogen-bond donors (Lipinski definition) is 2. The first-order valence-corrected chi connectivity index (χ1v) is 6.82. The van der Waals surface area contributed by atoms with Crippen LogP contribution in [-0.4, -0.2) is 14.9 Å². The number of benzene rings is 1. The van der Waals surface area contributed by atoms with E-state index in [1.54, 1.807) is 10.1 Å². The summed E-state index contributed by atoms with van der Waals surface area (Å²) in [5.41, 5.74) is 7.76. The van der Waals surface area contributed by atoms with Crippen LogP contribution in [0.15, 0.2) is 28.8 Å². The Labute approximate surface area is 117 Å². The quantitative estimate of drug-likeness (QED) is 0.881. The van der Waals surface area contributed by atoms with E-state index in [0.717, 1.165) is 6.07 Å². The molecule has 20 heavy (non-hydrogen) atoms. The smallest absolute Gasteiger partial charge is 0.214 e. The van der Waals surface area contributed by atoms with Crippen molar-refractivity contribution in [1.29, 1.82) is 0 Å². The Kier molecular flexibility index (Phi) is 3.19. The minimum Gasteiger partial charge on any atom is -0.349 e. The molecule has 8 heteroatoms. The topological polar surface area (TPSA) is 70.4 Å². The molecule has 1 aliphatic rings. The van der Waals surface area contributed by atoms with Gasteiger partial charge in [-0.3, -0.25) is 5.43 Å². The van der Waals surface area contributed by atoms with E-state index < -0.39 is 11.6 Å². The van der Waals surface area contributed by atoms with Crippen molar-refractivity contribution in [2.24, 2.45) is 0 Å². The third kappa shape index (κ3) is 2.16. The van der Waals surface area contributed by atoms with Crippen LogP contribution in [0.3, 0.4) is 0 Å². The van der Waals surface area contributed by atoms with Crippen LogP contribution in [0.4, 0.5) is 8.78 Å².